The highest BCUT2D eigenvalue weighted by atomic mass is 32.1. The second-order valence-corrected chi connectivity index (χ2v) is 6.89. The Kier molecular flexibility index (Phi) is 5.28. The summed E-state index contributed by atoms with van der Waals surface area (Å²) in [6, 6.07) is 2.72. The molecule has 2 rings (SSSR count). The van der Waals surface area contributed by atoms with Gasteiger partial charge in [-0.25, -0.2) is 0 Å². The van der Waals surface area contributed by atoms with Crippen molar-refractivity contribution in [3.05, 3.63) is 16.3 Å². The fourth-order valence-electron chi connectivity index (χ4n) is 3.22. The van der Waals surface area contributed by atoms with E-state index in [0.717, 1.165) is 30.0 Å². The van der Waals surface area contributed by atoms with Crippen molar-refractivity contribution < 1.29 is 4.74 Å². The Morgan fingerprint density at radius 1 is 1.37 bits per heavy atom. The Bertz CT molecular complexity index is 390. The minimum absolute atomic E-state index is 0.508. The number of ether oxygens (including phenoxy) is 1. The van der Waals surface area contributed by atoms with Crippen molar-refractivity contribution in [2.45, 2.75) is 46.1 Å². The van der Waals surface area contributed by atoms with Gasteiger partial charge in [-0.3, -0.25) is 0 Å². The minimum atomic E-state index is 0.508. The summed E-state index contributed by atoms with van der Waals surface area (Å²) >= 11 is 1.83. The lowest BCUT2D eigenvalue weighted by molar-refractivity contribution is 0.173. The molecule has 108 valence electrons. The van der Waals surface area contributed by atoms with Gasteiger partial charge in [0.1, 0.15) is 5.75 Å². The first kappa shape index (κ1) is 14.9. The molecule has 19 heavy (non-hydrogen) atoms. The zero-order valence-electron chi connectivity index (χ0n) is 12.6. The van der Waals surface area contributed by atoms with E-state index in [4.69, 9.17) is 4.74 Å². The van der Waals surface area contributed by atoms with Crippen molar-refractivity contribution in [1.82, 2.24) is 5.32 Å². The largest absolute Gasteiger partial charge is 0.496 e. The van der Waals surface area contributed by atoms with Gasteiger partial charge in [0.2, 0.25) is 0 Å². The van der Waals surface area contributed by atoms with Crippen LogP contribution in [0.5, 0.6) is 5.75 Å². The van der Waals surface area contributed by atoms with Gasteiger partial charge in [-0.05, 0) is 43.2 Å². The molecule has 0 spiro atoms. The first-order valence-electron chi connectivity index (χ1n) is 7.51. The standard InChI is InChI=1S/C16H27NOS/c1-5-17-16(15-9-14(18-4)10-19-15)13-7-6-11(2)12(3)8-13/h9-13,16-17H,5-8H2,1-4H3. The summed E-state index contributed by atoms with van der Waals surface area (Å²) in [5, 5.41) is 5.82. The molecule has 4 unspecified atom stereocenters. The van der Waals surface area contributed by atoms with Crippen LogP contribution in [0.4, 0.5) is 0 Å². The first-order chi connectivity index (χ1) is 9.15. The van der Waals surface area contributed by atoms with Crippen molar-refractivity contribution in [1.29, 1.82) is 0 Å². The molecule has 0 radical (unpaired) electrons. The second kappa shape index (κ2) is 6.76. The summed E-state index contributed by atoms with van der Waals surface area (Å²) in [6.45, 7) is 8.05. The van der Waals surface area contributed by atoms with Gasteiger partial charge in [0.25, 0.3) is 0 Å². The van der Waals surface area contributed by atoms with Crippen molar-refractivity contribution in [2.75, 3.05) is 13.7 Å². The van der Waals surface area contributed by atoms with E-state index in [1.54, 1.807) is 7.11 Å². The lowest BCUT2D eigenvalue weighted by Crippen LogP contribution is -2.32. The van der Waals surface area contributed by atoms with Gasteiger partial charge in [-0.15, -0.1) is 11.3 Å². The Hall–Kier alpha value is -0.540. The van der Waals surface area contributed by atoms with Crippen molar-refractivity contribution in [2.24, 2.45) is 17.8 Å². The lowest BCUT2D eigenvalue weighted by Gasteiger charge is -2.36. The fraction of sp³-hybridized carbons (Fsp3) is 0.750. The first-order valence-corrected chi connectivity index (χ1v) is 8.39. The van der Waals surface area contributed by atoms with E-state index in [1.165, 1.54) is 24.1 Å². The van der Waals surface area contributed by atoms with Crippen LogP contribution in [0.25, 0.3) is 0 Å². The topological polar surface area (TPSA) is 21.3 Å². The summed E-state index contributed by atoms with van der Waals surface area (Å²) in [6.07, 6.45) is 4.07. The molecule has 4 atom stereocenters. The number of hydrogen-bond donors (Lipinski definition) is 1. The predicted octanol–water partition coefficient (Wildman–Crippen LogP) is 4.48. The van der Waals surface area contributed by atoms with E-state index in [-0.39, 0.29) is 0 Å². The number of rotatable bonds is 5. The maximum absolute atomic E-state index is 5.33. The van der Waals surface area contributed by atoms with Gasteiger partial charge >= 0.3 is 0 Å². The molecule has 2 nitrogen and oxygen atoms in total. The highest BCUT2D eigenvalue weighted by Crippen LogP contribution is 2.41. The van der Waals surface area contributed by atoms with E-state index in [9.17, 15) is 0 Å². The van der Waals surface area contributed by atoms with Gasteiger partial charge in [0.15, 0.2) is 0 Å². The quantitative estimate of drug-likeness (QED) is 0.859. The Morgan fingerprint density at radius 2 is 2.16 bits per heavy atom. The zero-order chi connectivity index (χ0) is 13.8. The average molecular weight is 281 g/mol. The maximum Gasteiger partial charge on any atom is 0.129 e. The van der Waals surface area contributed by atoms with Crippen LogP contribution < -0.4 is 10.1 Å². The fourth-order valence-corrected chi connectivity index (χ4v) is 4.24. The molecule has 0 saturated heterocycles. The van der Waals surface area contributed by atoms with Crippen molar-refractivity contribution in [3.8, 4) is 5.75 Å². The normalized spacial score (nSPS) is 29.2. The van der Waals surface area contributed by atoms with Crippen LogP contribution in [0.15, 0.2) is 11.4 Å². The molecule has 1 heterocycles. The highest BCUT2D eigenvalue weighted by Gasteiger charge is 2.31. The molecule has 1 aromatic rings. The van der Waals surface area contributed by atoms with Crippen molar-refractivity contribution >= 4 is 11.3 Å². The van der Waals surface area contributed by atoms with Crippen molar-refractivity contribution in [3.63, 3.8) is 0 Å². The van der Waals surface area contributed by atoms with Crippen LogP contribution >= 0.6 is 11.3 Å². The lowest BCUT2D eigenvalue weighted by atomic mass is 9.73. The summed E-state index contributed by atoms with van der Waals surface area (Å²) in [5.74, 6) is 3.51. The third-order valence-corrected chi connectivity index (χ3v) is 5.67. The summed E-state index contributed by atoms with van der Waals surface area (Å²) in [5.41, 5.74) is 0. The molecule has 1 aliphatic rings. The summed E-state index contributed by atoms with van der Waals surface area (Å²) < 4.78 is 5.33. The number of hydrogen-bond acceptors (Lipinski definition) is 3. The Labute approximate surface area is 121 Å². The molecule has 1 saturated carbocycles. The zero-order valence-corrected chi connectivity index (χ0v) is 13.4. The molecule has 1 aromatic heterocycles. The van der Waals surface area contributed by atoms with Gasteiger partial charge in [0, 0.05) is 16.3 Å². The third-order valence-electron chi connectivity index (χ3n) is 4.67. The molecular formula is C16H27NOS. The third kappa shape index (κ3) is 3.51. The molecule has 3 heteroatoms. The van der Waals surface area contributed by atoms with Crippen LogP contribution in [-0.4, -0.2) is 13.7 Å². The number of methoxy groups -OCH3 is 1. The molecule has 0 aliphatic heterocycles. The molecule has 1 fully saturated rings. The molecule has 1 N–H and O–H groups in total. The number of nitrogens with one attached hydrogen (secondary N) is 1. The Morgan fingerprint density at radius 3 is 2.74 bits per heavy atom. The second-order valence-electron chi connectivity index (χ2n) is 5.95. The molecular weight excluding hydrogens is 254 g/mol. The molecule has 1 aliphatic carbocycles. The van der Waals surface area contributed by atoms with Crippen LogP contribution in [0.3, 0.4) is 0 Å². The van der Waals surface area contributed by atoms with Crippen LogP contribution in [-0.2, 0) is 0 Å². The summed E-state index contributed by atoms with van der Waals surface area (Å²) in [7, 11) is 1.75. The van der Waals surface area contributed by atoms with Gasteiger partial charge in [-0.2, -0.15) is 0 Å². The smallest absolute Gasteiger partial charge is 0.129 e. The van der Waals surface area contributed by atoms with Gasteiger partial charge < -0.3 is 10.1 Å². The van der Waals surface area contributed by atoms with E-state index >= 15 is 0 Å². The van der Waals surface area contributed by atoms with Crippen LogP contribution in [0, 0.1) is 17.8 Å². The van der Waals surface area contributed by atoms with E-state index in [1.807, 2.05) is 11.3 Å². The average Bonchev–Trinajstić information content (AvgIpc) is 2.88. The van der Waals surface area contributed by atoms with Crippen LogP contribution in [0.2, 0.25) is 0 Å². The van der Waals surface area contributed by atoms with E-state index in [2.05, 4.69) is 37.5 Å². The Balaban J connectivity index is 2.11. The highest BCUT2D eigenvalue weighted by molar-refractivity contribution is 7.10. The van der Waals surface area contributed by atoms with E-state index in [0.29, 0.717) is 6.04 Å². The van der Waals surface area contributed by atoms with E-state index < -0.39 is 0 Å². The minimum Gasteiger partial charge on any atom is -0.496 e. The molecule has 0 amide bonds. The SMILES string of the molecule is CCNC(c1cc(OC)cs1)C1CCC(C)C(C)C1. The summed E-state index contributed by atoms with van der Waals surface area (Å²) in [4.78, 5) is 1.44. The van der Waals surface area contributed by atoms with Gasteiger partial charge in [0.05, 0.1) is 7.11 Å². The predicted molar refractivity (Wildman–Crippen MR) is 83.0 cm³/mol. The monoisotopic (exact) mass is 281 g/mol. The molecule has 0 aromatic carbocycles. The number of thiophene rings is 1. The van der Waals surface area contributed by atoms with Gasteiger partial charge in [-0.1, -0.05) is 27.2 Å². The molecule has 0 bridgehead atoms. The van der Waals surface area contributed by atoms with Crippen LogP contribution in [0.1, 0.15) is 51.0 Å². The maximum atomic E-state index is 5.33.